The summed E-state index contributed by atoms with van der Waals surface area (Å²) >= 11 is 1.78. The van der Waals surface area contributed by atoms with Crippen LogP contribution in [0.1, 0.15) is 38.1 Å². The fraction of sp³-hybridized carbons (Fsp3) is 0.500. The molecule has 0 bridgehead atoms. The first kappa shape index (κ1) is 15.9. The molecule has 5 heteroatoms. The van der Waals surface area contributed by atoms with Gasteiger partial charge in [0, 0.05) is 12.3 Å². The van der Waals surface area contributed by atoms with Crippen molar-refractivity contribution >= 4 is 11.8 Å². The Bertz CT molecular complexity index is 568. The van der Waals surface area contributed by atoms with Gasteiger partial charge in [-0.2, -0.15) is 0 Å². The van der Waals surface area contributed by atoms with E-state index in [2.05, 4.69) is 28.6 Å². The van der Waals surface area contributed by atoms with E-state index in [0.717, 1.165) is 34.6 Å². The van der Waals surface area contributed by atoms with Crippen LogP contribution in [0.3, 0.4) is 0 Å². The molecule has 1 heterocycles. The Hall–Kier alpha value is -1.49. The maximum absolute atomic E-state index is 5.87. The number of thioether (sulfide) groups is 1. The molecule has 2 aromatic rings. The predicted octanol–water partition coefficient (Wildman–Crippen LogP) is 4.08. The molecule has 0 saturated heterocycles. The molecular formula is C16H23N3OS. The number of nitrogens with zero attached hydrogens (tertiary/aromatic N) is 3. The van der Waals surface area contributed by atoms with Crippen LogP contribution in [-0.4, -0.2) is 20.5 Å². The molecule has 4 nitrogen and oxygen atoms in total. The van der Waals surface area contributed by atoms with Gasteiger partial charge in [-0.3, -0.25) is 0 Å². The van der Waals surface area contributed by atoms with E-state index < -0.39 is 0 Å². The van der Waals surface area contributed by atoms with Crippen LogP contribution in [0.4, 0.5) is 0 Å². The van der Waals surface area contributed by atoms with Gasteiger partial charge in [0.1, 0.15) is 12.4 Å². The van der Waals surface area contributed by atoms with Crippen LogP contribution in [0.2, 0.25) is 0 Å². The maximum atomic E-state index is 5.87. The molecule has 1 aromatic heterocycles. The van der Waals surface area contributed by atoms with Crippen LogP contribution in [0.15, 0.2) is 29.4 Å². The predicted molar refractivity (Wildman–Crippen MR) is 86.8 cm³/mol. The molecule has 0 radical (unpaired) electrons. The third-order valence-corrected chi connectivity index (χ3v) is 4.34. The lowest BCUT2D eigenvalue weighted by Gasteiger charge is -2.10. The van der Waals surface area contributed by atoms with Gasteiger partial charge in [-0.15, -0.1) is 10.2 Å². The van der Waals surface area contributed by atoms with Crippen LogP contribution in [0.5, 0.6) is 5.75 Å². The molecule has 0 N–H and O–H groups in total. The standard InChI is InChI=1S/C16H23N3OS/c1-4-6-11-21-16-18-17-15(19(16)5-2)12-20-14-10-8-7-9-13(14)3/h7-10H,4-6,11-12H2,1-3H3. The Labute approximate surface area is 130 Å². The molecule has 114 valence electrons. The largest absolute Gasteiger partial charge is 0.485 e. The highest BCUT2D eigenvalue weighted by Gasteiger charge is 2.12. The fourth-order valence-electron chi connectivity index (χ4n) is 2.02. The van der Waals surface area contributed by atoms with E-state index >= 15 is 0 Å². The molecule has 0 aliphatic carbocycles. The third kappa shape index (κ3) is 4.24. The summed E-state index contributed by atoms with van der Waals surface area (Å²) < 4.78 is 8.01. The second kappa shape index (κ2) is 8.08. The molecule has 21 heavy (non-hydrogen) atoms. The number of rotatable bonds is 8. The molecular weight excluding hydrogens is 282 g/mol. The SMILES string of the molecule is CCCCSc1nnc(COc2ccccc2C)n1CC. The Kier molecular flexibility index (Phi) is 6.11. The topological polar surface area (TPSA) is 39.9 Å². The zero-order chi connectivity index (χ0) is 15.1. The molecule has 0 amide bonds. The smallest absolute Gasteiger partial charge is 0.191 e. The van der Waals surface area contributed by atoms with Crippen LogP contribution in [-0.2, 0) is 13.2 Å². The highest BCUT2D eigenvalue weighted by molar-refractivity contribution is 7.99. The Morgan fingerprint density at radius 3 is 2.71 bits per heavy atom. The number of hydrogen-bond acceptors (Lipinski definition) is 4. The lowest BCUT2D eigenvalue weighted by Crippen LogP contribution is -2.07. The lowest BCUT2D eigenvalue weighted by molar-refractivity contribution is 0.286. The molecule has 1 aromatic carbocycles. The van der Waals surface area contributed by atoms with Gasteiger partial charge < -0.3 is 9.30 Å². The second-order valence-corrected chi connectivity index (χ2v) is 5.96. The minimum absolute atomic E-state index is 0.458. The van der Waals surface area contributed by atoms with Crippen LogP contribution < -0.4 is 4.74 Å². The van der Waals surface area contributed by atoms with Gasteiger partial charge in [0.05, 0.1) is 0 Å². The normalized spacial score (nSPS) is 10.8. The van der Waals surface area contributed by atoms with Crippen LogP contribution in [0.25, 0.3) is 0 Å². The Balaban J connectivity index is 2.01. The second-order valence-electron chi connectivity index (χ2n) is 4.90. The number of aromatic nitrogens is 3. The van der Waals surface area contributed by atoms with E-state index in [4.69, 9.17) is 4.74 Å². The zero-order valence-corrected chi connectivity index (χ0v) is 13.8. The molecule has 0 fully saturated rings. The average Bonchev–Trinajstić information content (AvgIpc) is 2.89. The number of para-hydroxylation sites is 1. The fourth-order valence-corrected chi connectivity index (χ4v) is 3.12. The van der Waals surface area contributed by atoms with Gasteiger partial charge in [0.2, 0.25) is 0 Å². The van der Waals surface area contributed by atoms with Crippen molar-refractivity contribution in [2.45, 2.75) is 51.9 Å². The highest BCUT2D eigenvalue weighted by Crippen LogP contribution is 2.21. The molecule has 0 aliphatic heterocycles. The van der Waals surface area contributed by atoms with Crippen molar-refractivity contribution in [2.24, 2.45) is 0 Å². The molecule has 0 saturated carbocycles. The van der Waals surface area contributed by atoms with Crippen LogP contribution in [0, 0.1) is 6.92 Å². The molecule has 0 unspecified atom stereocenters. The number of unbranched alkanes of at least 4 members (excludes halogenated alkanes) is 1. The first-order valence-electron chi connectivity index (χ1n) is 7.49. The van der Waals surface area contributed by atoms with E-state index in [9.17, 15) is 0 Å². The summed E-state index contributed by atoms with van der Waals surface area (Å²) in [5, 5.41) is 9.56. The Morgan fingerprint density at radius 2 is 2.00 bits per heavy atom. The van der Waals surface area contributed by atoms with Crippen molar-refractivity contribution < 1.29 is 4.74 Å². The van der Waals surface area contributed by atoms with Crippen LogP contribution >= 0.6 is 11.8 Å². The summed E-state index contributed by atoms with van der Waals surface area (Å²) in [6.07, 6.45) is 2.41. The van der Waals surface area contributed by atoms with E-state index in [-0.39, 0.29) is 0 Å². The third-order valence-electron chi connectivity index (χ3n) is 3.29. The summed E-state index contributed by atoms with van der Waals surface area (Å²) in [4.78, 5) is 0. The van der Waals surface area contributed by atoms with Crippen molar-refractivity contribution in [3.05, 3.63) is 35.7 Å². The van der Waals surface area contributed by atoms with Crippen molar-refractivity contribution in [1.29, 1.82) is 0 Å². The summed E-state index contributed by atoms with van der Waals surface area (Å²) in [7, 11) is 0. The van der Waals surface area contributed by atoms with Gasteiger partial charge in [-0.25, -0.2) is 0 Å². The Morgan fingerprint density at radius 1 is 1.19 bits per heavy atom. The van der Waals surface area contributed by atoms with E-state index in [1.807, 2.05) is 31.2 Å². The average molecular weight is 305 g/mol. The first-order chi connectivity index (χ1) is 10.3. The first-order valence-corrected chi connectivity index (χ1v) is 8.48. The molecule has 0 spiro atoms. The molecule has 2 rings (SSSR count). The van der Waals surface area contributed by atoms with Crippen molar-refractivity contribution in [2.75, 3.05) is 5.75 Å². The quantitative estimate of drug-likeness (QED) is 0.544. The summed E-state index contributed by atoms with van der Waals surface area (Å²) in [6, 6.07) is 8.03. The lowest BCUT2D eigenvalue weighted by atomic mass is 10.2. The minimum atomic E-state index is 0.458. The minimum Gasteiger partial charge on any atom is -0.485 e. The number of ether oxygens (including phenoxy) is 1. The van der Waals surface area contributed by atoms with E-state index in [0.29, 0.717) is 6.61 Å². The van der Waals surface area contributed by atoms with Crippen molar-refractivity contribution in [3.63, 3.8) is 0 Å². The van der Waals surface area contributed by atoms with Gasteiger partial charge >= 0.3 is 0 Å². The summed E-state index contributed by atoms with van der Waals surface area (Å²) in [5.74, 6) is 2.89. The summed E-state index contributed by atoms with van der Waals surface area (Å²) in [5.41, 5.74) is 1.14. The molecule has 0 atom stereocenters. The maximum Gasteiger partial charge on any atom is 0.191 e. The molecule has 0 aliphatic rings. The van der Waals surface area contributed by atoms with E-state index in [1.165, 1.54) is 12.8 Å². The highest BCUT2D eigenvalue weighted by atomic mass is 32.2. The number of aryl methyl sites for hydroxylation is 1. The monoisotopic (exact) mass is 305 g/mol. The van der Waals surface area contributed by atoms with E-state index in [1.54, 1.807) is 11.8 Å². The zero-order valence-electron chi connectivity index (χ0n) is 13.0. The van der Waals surface area contributed by atoms with Gasteiger partial charge in [0.15, 0.2) is 11.0 Å². The van der Waals surface area contributed by atoms with Gasteiger partial charge in [0.25, 0.3) is 0 Å². The summed E-state index contributed by atoms with van der Waals surface area (Å²) in [6.45, 7) is 7.69. The number of benzene rings is 1. The number of hydrogen-bond donors (Lipinski definition) is 0. The van der Waals surface area contributed by atoms with Crippen molar-refractivity contribution in [3.8, 4) is 5.75 Å². The van der Waals surface area contributed by atoms with Gasteiger partial charge in [-0.05, 0) is 31.9 Å². The van der Waals surface area contributed by atoms with Gasteiger partial charge in [-0.1, -0.05) is 43.3 Å². The van der Waals surface area contributed by atoms with Crippen molar-refractivity contribution in [1.82, 2.24) is 14.8 Å².